The van der Waals surface area contributed by atoms with Crippen molar-refractivity contribution in [2.75, 3.05) is 6.61 Å². The van der Waals surface area contributed by atoms with E-state index in [0.29, 0.717) is 10.6 Å². The van der Waals surface area contributed by atoms with E-state index in [4.69, 9.17) is 9.15 Å². The average Bonchev–Trinajstić information content (AvgIpc) is 2.87. The SMILES string of the molecule is CCOC(=O)c1nnc(Sc2nc(C)cc(C)c2C#N)o1. The molecule has 0 amide bonds. The highest BCUT2D eigenvalue weighted by Gasteiger charge is 2.18. The summed E-state index contributed by atoms with van der Waals surface area (Å²) in [6, 6.07) is 3.92. The first-order valence-electron chi connectivity index (χ1n) is 6.12. The van der Waals surface area contributed by atoms with Gasteiger partial charge in [-0.25, -0.2) is 9.78 Å². The van der Waals surface area contributed by atoms with Crippen molar-refractivity contribution >= 4 is 17.7 Å². The molecule has 2 aromatic rings. The second-order valence-corrected chi connectivity index (χ2v) is 5.01. The van der Waals surface area contributed by atoms with Gasteiger partial charge in [0.15, 0.2) is 0 Å². The van der Waals surface area contributed by atoms with Gasteiger partial charge in [0, 0.05) is 5.69 Å². The fourth-order valence-electron chi connectivity index (χ4n) is 1.62. The number of aryl methyl sites for hydroxylation is 2. The van der Waals surface area contributed by atoms with Crippen molar-refractivity contribution in [1.82, 2.24) is 15.2 Å². The van der Waals surface area contributed by atoms with Crippen LogP contribution in [0.3, 0.4) is 0 Å². The second kappa shape index (κ2) is 6.37. The van der Waals surface area contributed by atoms with E-state index < -0.39 is 5.97 Å². The van der Waals surface area contributed by atoms with E-state index in [9.17, 15) is 10.1 Å². The quantitative estimate of drug-likeness (QED) is 0.793. The van der Waals surface area contributed by atoms with Crippen LogP contribution in [0.4, 0.5) is 0 Å². The van der Waals surface area contributed by atoms with E-state index in [1.54, 1.807) is 6.92 Å². The first-order valence-corrected chi connectivity index (χ1v) is 6.93. The zero-order chi connectivity index (χ0) is 15.4. The molecule has 2 rings (SSSR count). The maximum atomic E-state index is 11.4. The first-order chi connectivity index (χ1) is 10.0. The van der Waals surface area contributed by atoms with Crippen LogP contribution in [-0.2, 0) is 4.74 Å². The number of aromatic nitrogens is 3. The fraction of sp³-hybridized carbons (Fsp3) is 0.308. The summed E-state index contributed by atoms with van der Waals surface area (Å²) in [5.41, 5.74) is 2.04. The molecule has 0 aliphatic carbocycles. The van der Waals surface area contributed by atoms with E-state index in [-0.39, 0.29) is 17.7 Å². The van der Waals surface area contributed by atoms with Crippen LogP contribution in [-0.4, -0.2) is 27.8 Å². The Balaban J connectivity index is 2.27. The Bertz CT molecular complexity index is 721. The number of carbonyl (C=O) groups is 1. The zero-order valence-electron chi connectivity index (χ0n) is 11.7. The molecule has 108 valence electrons. The summed E-state index contributed by atoms with van der Waals surface area (Å²) in [5.74, 6) is -0.895. The average molecular weight is 304 g/mol. The molecule has 0 fully saturated rings. The predicted molar refractivity (Wildman–Crippen MR) is 72.8 cm³/mol. The highest BCUT2D eigenvalue weighted by atomic mass is 32.2. The third kappa shape index (κ3) is 3.38. The maximum absolute atomic E-state index is 11.4. The molecular weight excluding hydrogens is 292 g/mol. The van der Waals surface area contributed by atoms with Crippen molar-refractivity contribution in [2.24, 2.45) is 0 Å². The number of ether oxygens (including phenoxy) is 1. The summed E-state index contributed by atoms with van der Waals surface area (Å²) in [4.78, 5) is 15.7. The van der Waals surface area contributed by atoms with Crippen LogP contribution >= 0.6 is 11.8 Å². The molecule has 0 aliphatic heterocycles. The Morgan fingerprint density at radius 2 is 2.24 bits per heavy atom. The first kappa shape index (κ1) is 15.0. The van der Waals surface area contributed by atoms with Gasteiger partial charge in [0.2, 0.25) is 0 Å². The van der Waals surface area contributed by atoms with Gasteiger partial charge >= 0.3 is 11.9 Å². The van der Waals surface area contributed by atoms with Gasteiger partial charge in [-0.3, -0.25) is 0 Å². The Kier molecular flexibility index (Phi) is 4.55. The lowest BCUT2D eigenvalue weighted by atomic mass is 10.1. The fourth-order valence-corrected chi connectivity index (χ4v) is 2.49. The molecule has 0 atom stereocenters. The largest absolute Gasteiger partial charge is 0.459 e. The zero-order valence-corrected chi connectivity index (χ0v) is 12.5. The Morgan fingerprint density at radius 3 is 2.90 bits per heavy atom. The molecule has 0 aliphatic rings. The number of esters is 1. The van der Waals surface area contributed by atoms with Crippen molar-refractivity contribution < 1.29 is 13.9 Å². The number of rotatable bonds is 4. The molecule has 7 nitrogen and oxygen atoms in total. The number of carbonyl (C=O) groups excluding carboxylic acids is 1. The van der Waals surface area contributed by atoms with Crippen molar-refractivity contribution in [2.45, 2.75) is 31.0 Å². The van der Waals surface area contributed by atoms with E-state index >= 15 is 0 Å². The van der Waals surface area contributed by atoms with Crippen molar-refractivity contribution in [3.63, 3.8) is 0 Å². The van der Waals surface area contributed by atoms with Crippen LogP contribution < -0.4 is 0 Å². The molecule has 0 N–H and O–H groups in total. The van der Waals surface area contributed by atoms with Crippen LogP contribution in [0.15, 0.2) is 20.7 Å². The molecule has 0 radical (unpaired) electrons. The van der Waals surface area contributed by atoms with Gasteiger partial charge in [0.05, 0.1) is 12.2 Å². The minimum Gasteiger partial charge on any atom is -0.459 e. The number of pyridine rings is 1. The van der Waals surface area contributed by atoms with Crippen LogP contribution in [0, 0.1) is 25.2 Å². The van der Waals surface area contributed by atoms with Crippen molar-refractivity contribution in [1.29, 1.82) is 5.26 Å². The number of nitriles is 1. The molecule has 0 aromatic carbocycles. The van der Waals surface area contributed by atoms with Gasteiger partial charge in [-0.05, 0) is 44.2 Å². The Morgan fingerprint density at radius 1 is 1.48 bits per heavy atom. The highest BCUT2D eigenvalue weighted by molar-refractivity contribution is 7.99. The maximum Gasteiger partial charge on any atom is 0.396 e. The topological polar surface area (TPSA) is 102 Å². The second-order valence-electron chi connectivity index (χ2n) is 4.07. The minimum absolute atomic E-state index is 0.132. The van der Waals surface area contributed by atoms with Gasteiger partial charge < -0.3 is 9.15 Å². The number of hydrogen-bond donors (Lipinski definition) is 0. The molecule has 8 heteroatoms. The normalized spacial score (nSPS) is 10.2. The molecule has 0 unspecified atom stereocenters. The lowest BCUT2D eigenvalue weighted by Gasteiger charge is -2.04. The molecule has 0 spiro atoms. The summed E-state index contributed by atoms with van der Waals surface area (Å²) < 4.78 is 9.96. The van der Waals surface area contributed by atoms with Gasteiger partial charge in [0.25, 0.3) is 5.22 Å². The molecular formula is C13H12N4O3S. The van der Waals surface area contributed by atoms with Crippen molar-refractivity contribution in [3.8, 4) is 6.07 Å². The summed E-state index contributed by atoms with van der Waals surface area (Å²) in [6.07, 6.45) is 0. The van der Waals surface area contributed by atoms with Crippen LogP contribution in [0.2, 0.25) is 0 Å². The van der Waals surface area contributed by atoms with Gasteiger partial charge in [0.1, 0.15) is 11.1 Å². The standard InChI is InChI=1S/C13H12N4O3S/c1-4-19-12(18)10-16-17-13(20-10)21-11-9(6-14)7(2)5-8(3)15-11/h5H,4H2,1-3H3. The molecule has 2 aromatic heterocycles. The molecule has 0 bridgehead atoms. The van der Waals surface area contributed by atoms with E-state index in [1.807, 2.05) is 19.9 Å². The van der Waals surface area contributed by atoms with Crippen LogP contribution in [0.25, 0.3) is 0 Å². The lowest BCUT2D eigenvalue weighted by Crippen LogP contribution is -2.04. The van der Waals surface area contributed by atoms with E-state index in [1.165, 1.54) is 0 Å². The molecule has 2 heterocycles. The summed E-state index contributed by atoms with van der Waals surface area (Å²) >= 11 is 1.04. The van der Waals surface area contributed by atoms with Gasteiger partial charge in [-0.15, -0.1) is 5.10 Å². The monoisotopic (exact) mass is 304 g/mol. The highest BCUT2D eigenvalue weighted by Crippen LogP contribution is 2.29. The molecule has 0 saturated heterocycles. The predicted octanol–water partition coefficient (Wildman–Crippen LogP) is 2.28. The Hall–Kier alpha value is -2.40. The molecule has 21 heavy (non-hydrogen) atoms. The third-order valence-electron chi connectivity index (χ3n) is 2.46. The summed E-state index contributed by atoms with van der Waals surface area (Å²) in [6.45, 7) is 5.56. The smallest absolute Gasteiger partial charge is 0.396 e. The van der Waals surface area contributed by atoms with Crippen LogP contribution in [0.5, 0.6) is 0 Å². The Labute approximate surface area is 125 Å². The van der Waals surface area contributed by atoms with Crippen LogP contribution in [0.1, 0.15) is 34.4 Å². The van der Waals surface area contributed by atoms with Gasteiger partial charge in [-0.1, -0.05) is 5.10 Å². The van der Waals surface area contributed by atoms with E-state index in [2.05, 4.69) is 21.3 Å². The summed E-state index contributed by atoms with van der Waals surface area (Å²) in [7, 11) is 0. The van der Waals surface area contributed by atoms with Gasteiger partial charge in [-0.2, -0.15) is 5.26 Å². The number of hydrogen-bond acceptors (Lipinski definition) is 8. The van der Waals surface area contributed by atoms with E-state index in [0.717, 1.165) is 23.0 Å². The number of nitrogens with zero attached hydrogens (tertiary/aromatic N) is 4. The third-order valence-corrected chi connectivity index (χ3v) is 3.29. The lowest BCUT2D eigenvalue weighted by molar-refractivity contribution is 0.0475. The minimum atomic E-state index is -0.675. The van der Waals surface area contributed by atoms with Crippen molar-refractivity contribution in [3.05, 3.63) is 28.8 Å². The summed E-state index contributed by atoms with van der Waals surface area (Å²) in [5, 5.41) is 17.1. The molecule has 0 saturated carbocycles.